The van der Waals surface area contributed by atoms with Crippen LogP contribution >= 0.6 is 0 Å². The molecule has 0 saturated carbocycles. The number of nitrogens with zero attached hydrogens (tertiary/aromatic N) is 2. The van der Waals surface area contributed by atoms with Gasteiger partial charge in [0.05, 0.1) is 17.1 Å². The summed E-state index contributed by atoms with van der Waals surface area (Å²) in [6.45, 7) is 6.31. The lowest BCUT2D eigenvalue weighted by molar-refractivity contribution is -0.142. The molecular weight excluding hydrogens is 208 g/mol. The standard InChI is InChI=1S/C11H14N2O3/c1-6-10(5-16-9(4)15)12-7(2)11(13-6)8(3)14/h5H2,1-4H3. The van der Waals surface area contributed by atoms with Crippen LogP contribution < -0.4 is 0 Å². The van der Waals surface area contributed by atoms with Crippen LogP contribution in [0.3, 0.4) is 0 Å². The largest absolute Gasteiger partial charge is 0.459 e. The van der Waals surface area contributed by atoms with Gasteiger partial charge in [0.15, 0.2) is 5.78 Å². The molecule has 0 radical (unpaired) electrons. The van der Waals surface area contributed by atoms with Gasteiger partial charge < -0.3 is 4.74 Å². The van der Waals surface area contributed by atoms with Gasteiger partial charge in [0, 0.05) is 13.8 Å². The monoisotopic (exact) mass is 222 g/mol. The first kappa shape index (κ1) is 12.3. The third-order valence-electron chi connectivity index (χ3n) is 2.09. The highest BCUT2D eigenvalue weighted by Gasteiger charge is 2.12. The van der Waals surface area contributed by atoms with Crippen LogP contribution in [0.1, 0.15) is 41.4 Å². The SMILES string of the molecule is CC(=O)OCc1nc(C)c(C(C)=O)nc1C. The molecule has 0 spiro atoms. The van der Waals surface area contributed by atoms with Gasteiger partial charge in [0.2, 0.25) is 0 Å². The van der Waals surface area contributed by atoms with Gasteiger partial charge in [0.25, 0.3) is 0 Å². The van der Waals surface area contributed by atoms with Crippen LogP contribution in [0.2, 0.25) is 0 Å². The highest BCUT2D eigenvalue weighted by atomic mass is 16.5. The van der Waals surface area contributed by atoms with E-state index in [2.05, 4.69) is 9.97 Å². The summed E-state index contributed by atoms with van der Waals surface area (Å²) >= 11 is 0. The number of ether oxygens (including phenoxy) is 1. The number of esters is 1. The molecular formula is C11H14N2O3. The molecule has 0 saturated heterocycles. The summed E-state index contributed by atoms with van der Waals surface area (Å²) in [4.78, 5) is 30.2. The molecule has 0 aromatic carbocycles. The van der Waals surface area contributed by atoms with Crippen molar-refractivity contribution in [3.8, 4) is 0 Å². The van der Waals surface area contributed by atoms with Crippen LogP contribution in [0.4, 0.5) is 0 Å². The van der Waals surface area contributed by atoms with Gasteiger partial charge in [-0.15, -0.1) is 0 Å². The Bertz CT molecular complexity index is 441. The van der Waals surface area contributed by atoms with E-state index in [4.69, 9.17) is 4.74 Å². The lowest BCUT2D eigenvalue weighted by Crippen LogP contribution is -2.10. The molecule has 1 aromatic rings. The Balaban J connectivity index is 3.01. The van der Waals surface area contributed by atoms with Crippen molar-refractivity contribution >= 4 is 11.8 Å². The molecule has 0 unspecified atom stereocenters. The van der Waals surface area contributed by atoms with Gasteiger partial charge in [-0.25, -0.2) is 4.98 Å². The first-order chi connectivity index (χ1) is 7.41. The van der Waals surface area contributed by atoms with E-state index in [0.29, 0.717) is 22.8 Å². The second-order valence-corrected chi connectivity index (χ2v) is 3.53. The Kier molecular flexibility index (Phi) is 3.71. The smallest absolute Gasteiger partial charge is 0.303 e. The molecule has 1 aromatic heterocycles. The second-order valence-electron chi connectivity index (χ2n) is 3.53. The molecule has 0 N–H and O–H groups in total. The second kappa shape index (κ2) is 4.83. The fourth-order valence-corrected chi connectivity index (χ4v) is 1.29. The molecule has 0 bridgehead atoms. The molecule has 0 aliphatic heterocycles. The fourth-order valence-electron chi connectivity index (χ4n) is 1.29. The van der Waals surface area contributed by atoms with Crippen molar-refractivity contribution < 1.29 is 14.3 Å². The van der Waals surface area contributed by atoms with Crippen LogP contribution in [0.25, 0.3) is 0 Å². The van der Waals surface area contributed by atoms with E-state index >= 15 is 0 Å². The van der Waals surface area contributed by atoms with Gasteiger partial charge in [0.1, 0.15) is 12.3 Å². The van der Waals surface area contributed by atoms with Crippen LogP contribution in [0.5, 0.6) is 0 Å². The molecule has 0 amide bonds. The van der Waals surface area contributed by atoms with E-state index in [9.17, 15) is 9.59 Å². The van der Waals surface area contributed by atoms with Crippen molar-refractivity contribution in [2.24, 2.45) is 0 Å². The minimum absolute atomic E-state index is 0.0905. The van der Waals surface area contributed by atoms with Crippen molar-refractivity contribution in [2.45, 2.75) is 34.3 Å². The topological polar surface area (TPSA) is 69.2 Å². The van der Waals surface area contributed by atoms with Crippen LogP contribution in [-0.2, 0) is 16.1 Å². The van der Waals surface area contributed by atoms with Gasteiger partial charge in [-0.2, -0.15) is 0 Å². The van der Waals surface area contributed by atoms with Crippen molar-refractivity contribution in [1.82, 2.24) is 9.97 Å². The Morgan fingerprint density at radius 3 is 2.25 bits per heavy atom. The van der Waals surface area contributed by atoms with Crippen molar-refractivity contribution in [2.75, 3.05) is 0 Å². The summed E-state index contributed by atoms with van der Waals surface area (Å²) in [6.07, 6.45) is 0. The Morgan fingerprint density at radius 2 is 1.75 bits per heavy atom. The first-order valence-electron chi connectivity index (χ1n) is 4.90. The zero-order valence-corrected chi connectivity index (χ0v) is 9.83. The van der Waals surface area contributed by atoms with Crippen molar-refractivity contribution in [3.05, 3.63) is 22.8 Å². The fraction of sp³-hybridized carbons (Fsp3) is 0.455. The molecule has 16 heavy (non-hydrogen) atoms. The molecule has 0 aliphatic rings. The van der Waals surface area contributed by atoms with Gasteiger partial charge >= 0.3 is 5.97 Å². The molecule has 0 fully saturated rings. The maximum Gasteiger partial charge on any atom is 0.303 e. The summed E-state index contributed by atoms with van der Waals surface area (Å²) in [5.74, 6) is -0.485. The molecule has 5 heteroatoms. The van der Waals surface area contributed by atoms with E-state index in [1.165, 1.54) is 13.8 Å². The van der Waals surface area contributed by atoms with E-state index < -0.39 is 0 Å². The summed E-state index contributed by atoms with van der Waals surface area (Å²) in [5, 5.41) is 0. The molecule has 1 heterocycles. The number of rotatable bonds is 3. The third kappa shape index (κ3) is 2.85. The zero-order chi connectivity index (χ0) is 12.3. The third-order valence-corrected chi connectivity index (χ3v) is 2.09. The average Bonchev–Trinajstić information content (AvgIpc) is 2.18. The first-order valence-corrected chi connectivity index (χ1v) is 4.90. The molecule has 0 atom stereocenters. The Morgan fingerprint density at radius 1 is 1.12 bits per heavy atom. The predicted molar refractivity (Wildman–Crippen MR) is 57.0 cm³/mol. The predicted octanol–water partition coefficient (Wildman–Crippen LogP) is 1.36. The average molecular weight is 222 g/mol. The minimum atomic E-state index is -0.366. The van der Waals surface area contributed by atoms with E-state index in [0.717, 1.165) is 0 Å². The summed E-state index contributed by atoms with van der Waals surface area (Å²) in [7, 11) is 0. The van der Waals surface area contributed by atoms with E-state index in [1.807, 2.05) is 0 Å². The number of carbonyl (C=O) groups is 2. The van der Waals surface area contributed by atoms with Gasteiger partial charge in [-0.05, 0) is 13.8 Å². The minimum Gasteiger partial charge on any atom is -0.459 e. The summed E-state index contributed by atoms with van der Waals surface area (Å²) < 4.78 is 4.84. The molecule has 86 valence electrons. The Labute approximate surface area is 93.9 Å². The lowest BCUT2D eigenvalue weighted by atomic mass is 10.2. The number of ketones is 1. The van der Waals surface area contributed by atoms with Gasteiger partial charge in [-0.1, -0.05) is 0 Å². The van der Waals surface area contributed by atoms with Gasteiger partial charge in [-0.3, -0.25) is 14.6 Å². The van der Waals surface area contributed by atoms with Crippen LogP contribution in [-0.4, -0.2) is 21.7 Å². The van der Waals surface area contributed by atoms with Crippen LogP contribution in [0.15, 0.2) is 0 Å². The number of carbonyl (C=O) groups excluding carboxylic acids is 2. The highest BCUT2D eigenvalue weighted by Crippen LogP contribution is 2.09. The van der Waals surface area contributed by atoms with E-state index in [1.54, 1.807) is 13.8 Å². The number of aryl methyl sites for hydroxylation is 2. The maximum absolute atomic E-state index is 11.2. The number of hydrogen-bond donors (Lipinski definition) is 0. The van der Waals surface area contributed by atoms with Crippen LogP contribution in [0, 0.1) is 13.8 Å². The molecule has 5 nitrogen and oxygen atoms in total. The lowest BCUT2D eigenvalue weighted by Gasteiger charge is -2.08. The quantitative estimate of drug-likeness (QED) is 0.570. The number of aromatic nitrogens is 2. The van der Waals surface area contributed by atoms with Crippen molar-refractivity contribution in [3.63, 3.8) is 0 Å². The Hall–Kier alpha value is -1.78. The highest BCUT2D eigenvalue weighted by molar-refractivity contribution is 5.93. The summed E-state index contributed by atoms with van der Waals surface area (Å²) in [5.41, 5.74) is 2.11. The molecule has 0 aliphatic carbocycles. The molecule has 1 rings (SSSR count). The number of Topliss-reactive ketones (excluding diaryl/α,β-unsaturated/α-hetero) is 1. The normalized spacial score (nSPS) is 10.0. The maximum atomic E-state index is 11.2. The number of hydrogen-bond acceptors (Lipinski definition) is 5. The zero-order valence-electron chi connectivity index (χ0n) is 9.83. The van der Waals surface area contributed by atoms with Crippen molar-refractivity contribution in [1.29, 1.82) is 0 Å². The van der Waals surface area contributed by atoms with E-state index in [-0.39, 0.29) is 18.4 Å². The summed E-state index contributed by atoms with van der Waals surface area (Å²) in [6, 6.07) is 0.